The first-order valence-corrected chi connectivity index (χ1v) is 15.6. The summed E-state index contributed by atoms with van der Waals surface area (Å²) in [5.74, 6) is -0.354. The predicted octanol–water partition coefficient (Wildman–Crippen LogP) is 7.58. The predicted molar refractivity (Wildman–Crippen MR) is 163 cm³/mol. The highest BCUT2D eigenvalue weighted by Crippen LogP contribution is 2.42. The molecule has 0 unspecified atom stereocenters. The van der Waals surface area contributed by atoms with Crippen LogP contribution in [0.2, 0.25) is 0 Å². The van der Waals surface area contributed by atoms with Crippen molar-refractivity contribution in [2.45, 2.75) is 84.3 Å². The standard InChI is InChI=1S/C31H39N3O3S2/c1-31(2,3)37-29(35)26-22-14-7-9-16-25(22)39-28(26)33-30(36)32-18-23-21-13-6-8-15-24(21)38-27(23)19-11-10-12-20(17-19)34(4)5/h10-12,17H,6-9,13-16,18H2,1-5H3,(H2,32,33,36). The molecule has 2 aliphatic rings. The number of nitrogens with zero attached hydrogens (tertiary/aromatic N) is 1. The van der Waals surface area contributed by atoms with Gasteiger partial charge in [0, 0.05) is 41.0 Å². The second-order valence-corrected chi connectivity index (χ2v) is 13.9. The van der Waals surface area contributed by atoms with E-state index in [9.17, 15) is 9.59 Å². The maximum atomic E-state index is 13.3. The van der Waals surface area contributed by atoms with Crippen molar-refractivity contribution >= 4 is 45.4 Å². The lowest BCUT2D eigenvalue weighted by Gasteiger charge is -2.21. The van der Waals surface area contributed by atoms with E-state index in [0.717, 1.165) is 49.8 Å². The van der Waals surface area contributed by atoms with Crippen LogP contribution in [0.1, 0.15) is 83.3 Å². The summed E-state index contributed by atoms with van der Waals surface area (Å²) in [4.78, 5) is 32.4. The number of nitrogens with one attached hydrogen (secondary N) is 2. The van der Waals surface area contributed by atoms with Crippen molar-refractivity contribution in [3.63, 3.8) is 0 Å². The Kier molecular flexibility index (Phi) is 8.06. The summed E-state index contributed by atoms with van der Waals surface area (Å²) in [5.41, 5.74) is 5.96. The molecule has 2 amide bonds. The van der Waals surface area contributed by atoms with Crippen LogP contribution in [0, 0.1) is 0 Å². The number of aryl methyl sites for hydroxylation is 2. The van der Waals surface area contributed by atoms with Gasteiger partial charge in [-0.05, 0) is 107 Å². The lowest BCUT2D eigenvalue weighted by atomic mass is 9.93. The number of anilines is 2. The van der Waals surface area contributed by atoms with Gasteiger partial charge < -0.3 is 15.0 Å². The minimum Gasteiger partial charge on any atom is -0.456 e. The highest BCUT2D eigenvalue weighted by Gasteiger charge is 2.30. The molecule has 0 atom stereocenters. The number of amides is 2. The number of esters is 1. The molecule has 0 spiro atoms. The Labute approximate surface area is 239 Å². The number of hydrogen-bond donors (Lipinski definition) is 2. The summed E-state index contributed by atoms with van der Waals surface area (Å²) >= 11 is 3.39. The van der Waals surface area contributed by atoms with Gasteiger partial charge in [0.2, 0.25) is 0 Å². The minimum atomic E-state index is -0.599. The molecular formula is C31H39N3O3S2. The van der Waals surface area contributed by atoms with E-state index in [4.69, 9.17) is 4.74 Å². The van der Waals surface area contributed by atoms with Crippen LogP contribution in [0.25, 0.3) is 10.4 Å². The van der Waals surface area contributed by atoms with E-state index in [1.807, 2.05) is 32.1 Å². The van der Waals surface area contributed by atoms with Gasteiger partial charge in [-0.2, -0.15) is 0 Å². The van der Waals surface area contributed by atoms with E-state index >= 15 is 0 Å². The molecule has 0 saturated heterocycles. The summed E-state index contributed by atoms with van der Waals surface area (Å²) < 4.78 is 5.74. The smallest absolute Gasteiger partial charge is 0.341 e. The van der Waals surface area contributed by atoms with Gasteiger partial charge in [0.1, 0.15) is 10.6 Å². The van der Waals surface area contributed by atoms with Crippen LogP contribution in [-0.2, 0) is 37.0 Å². The number of thiophene rings is 2. The summed E-state index contributed by atoms with van der Waals surface area (Å²) in [6, 6.07) is 8.32. The van der Waals surface area contributed by atoms with Crippen LogP contribution in [0.15, 0.2) is 24.3 Å². The normalized spacial score (nSPS) is 14.8. The number of hydrogen-bond acceptors (Lipinski definition) is 6. The van der Waals surface area contributed by atoms with E-state index in [2.05, 4.69) is 53.9 Å². The van der Waals surface area contributed by atoms with E-state index < -0.39 is 5.60 Å². The van der Waals surface area contributed by atoms with Crippen molar-refractivity contribution in [1.29, 1.82) is 0 Å². The van der Waals surface area contributed by atoms with Crippen LogP contribution in [0.3, 0.4) is 0 Å². The number of carbonyl (C=O) groups excluding carboxylic acids is 2. The number of carbonyl (C=O) groups is 2. The fraction of sp³-hybridized carbons (Fsp3) is 0.484. The van der Waals surface area contributed by atoms with Gasteiger partial charge in [0.25, 0.3) is 0 Å². The number of ether oxygens (including phenoxy) is 1. The molecule has 8 heteroatoms. The van der Waals surface area contributed by atoms with E-state index in [0.29, 0.717) is 17.1 Å². The van der Waals surface area contributed by atoms with Crippen LogP contribution < -0.4 is 15.5 Å². The fourth-order valence-electron chi connectivity index (χ4n) is 5.49. The lowest BCUT2D eigenvalue weighted by Crippen LogP contribution is -2.30. The van der Waals surface area contributed by atoms with E-state index in [1.54, 1.807) is 0 Å². The van der Waals surface area contributed by atoms with Crippen molar-refractivity contribution in [3.8, 4) is 10.4 Å². The average Bonchev–Trinajstić information content (AvgIpc) is 3.44. The molecular weight excluding hydrogens is 526 g/mol. The molecule has 0 bridgehead atoms. The molecule has 0 saturated carbocycles. The molecule has 3 aromatic rings. The zero-order chi connectivity index (χ0) is 27.7. The molecule has 0 radical (unpaired) electrons. The highest BCUT2D eigenvalue weighted by molar-refractivity contribution is 7.17. The van der Waals surface area contributed by atoms with Gasteiger partial charge in [0.15, 0.2) is 0 Å². The molecule has 208 valence electrons. The Morgan fingerprint density at radius 3 is 2.31 bits per heavy atom. The van der Waals surface area contributed by atoms with Gasteiger partial charge in [-0.25, -0.2) is 9.59 Å². The zero-order valence-corrected chi connectivity index (χ0v) is 25.3. The Hall–Kier alpha value is -2.84. The Morgan fingerprint density at radius 2 is 1.62 bits per heavy atom. The first-order chi connectivity index (χ1) is 18.6. The molecule has 6 nitrogen and oxygen atoms in total. The number of fused-ring (bicyclic) bond motifs is 2. The fourth-order valence-corrected chi connectivity index (χ4v) is 8.17. The van der Waals surface area contributed by atoms with Gasteiger partial charge in [0.05, 0.1) is 5.56 Å². The van der Waals surface area contributed by atoms with Crippen LogP contribution >= 0.6 is 22.7 Å². The van der Waals surface area contributed by atoms with Crippen molar-refractivity contribution < 1.29 is 14.3 Å². The Morgan fingerprint density at radius 1 is 0.949 bits per heavy atom. The second-order valence-electron chi connectivity index (χ2n) is 11.7. The highest BCUT2D eigenvalue weighted by atomic mass is 32.1. The van der Waals surface area contributed by atoms with Crippen molar-refractivity contribution in [3.05, 3.63) is 56.3 Å². The van der Waals surface area contributed by atoms with Crippen molar-refractivity contribution in [1.82, 2.24) is 5.32 Å². The topological polar surface area (TPSA) is 70.7 Å². The Bertz CT molecular complexity index is 1380. The molecule has 1 aromatic carbocycles. The third-order valence-corrected chi connectivity index (χ3v) is 9.92. The Balaban J connectivity index is 1.39. The second kappa shape index (κ2) is 11.3. The first-order valence-electron chi connectivity index (χ1n) is 13.9. The maximum Gasteiger partial charge on any atom is 0.341 e. The zero-order valence-electron chi connectivity index (χ0n) is 23.7. The van der Waals surface area contributed by atoms with E-state index in [1.165, 1.54) is 55.5 Å². The van der Waals surface area contributed by atoms with Gasteiger partial charge in [-0.3, -0.25) is 5.32 Å². The number of rotatable bonds is 6. The molecule has 2 N–H and O–H groups in total. The lowest BCUT2D eigenvalue weighted by molar-refractivity contribution is 0.00699. The quantitative estimate of drug-likeness (QED) is 0.302. The number of urea groups is 1. The third kappa shape index (κ3) is 6.17. The largest absolute Gasteiger partial charge is 0.456 e. The van der Waals surface area contributed by atoms with Gasteiger partial charge >= 0.3 is 12.0 Å². The van der Waals surface area contributed by atoms with Crippen LogP contribution in [-0.4, -0.2) is 31.7 Å². The van der Waals surface area contributed by atoms with E-state index in [-0.39, 0.29) is 12.0 Å². The first kappa shape index (κ1) is 27.7. The van der Waals surface area contributed by atoms with Gasteiger partial charge in [-0.1, -0.05) is 12.1 Å². The summed E-state index contributed by atoms with van der Waals surface area (Å²) in [6.07, 6.45) is 8.50. The van der Waals surface area contributed by atoms with Crippen molar-refractivity contribution in [2.75, 3.05) is 24.3 Å². The summed E-state index contributed by atoms with van der Waals surface area (Å²) in [7, 11) is 4.11. The molecule has 39 heavy (non-hydrogen) atoms. The summed E-state index contributed by atoms with van der Waals surface area (Å²) in [5, 5.41) is 6.75. The minimum absolute atomic E-state index is 0.290. The van der Waals surface area contributed by atoms with Gasteiger partial charge in [-0.15, -0.1) is 22.7 Å². The van der Waals surface area contributed by atoms with Crippen molar-refractivity contribution in [2.24, 2.45) is 0 Å². The monoisotopic (exact) mass is 565 g/mol. The molecule has 0 fully saturated rings. The maximum absolute atomic E-state index is 13.3. The third-order valence-electron chi connectivity index (χ3n) is 7.33. The summed E-state index contributed by atoms with van der Waals surface area (Å²) in [6.45, 7) is 6.07. The molecule has 2 heterocycles. The SMILES string of the molecule is CN(C)c1cccc(-c2sc3c(c2CNC(=O)Nc2sc4c(c2C(=O)OC(C)(C)C)CCCC4)CCCC3)c1. The van der Waals surface area contributed by atoms with Crippen LogP contribution in [0.4, 0.5) is 15.5 Å². The molecule has 0 aliphatic heterocycles. The molecule has 2 aromatic heterocycles. The molecule has 2 aliphatic carbocycles. The van der Waals surface area contributed by atoms with Crippen LogP contribution in [0.5, 0.6) is 0 Å². The number of benzene rings is 1. The average molecular weight is 566 g/mol. The molecule has 5 rings (SSSR count).